The maximum absolute atomic E-state index is 12.6. The fraction of sp³-hybridized carbons (Fsp3) is 0.118. The number of amides is 1. The van der Waals surface area contributed by atoms with Crippen LogP contribution in [0.15, 0.2) is 53.5 Å². The first-order valence-electron chi connectivity index (χ1n) is 7.06. The Bertz CT molecular complexity index is 794. The largest absolute Gasteiger partial charge is 0.303 e. The molecule has 0 aliphatic heterocycles. The second-order valence-electron chi connectivity index (χ2n) is 4.85. The van der Waals surface area contributed by atoms with E-state index in [0.717, 1.165) is 21.3 Å². The number of rotatable bonds is 5. The maximum Gasteiger partial charge on any atom is 0.251 e. The van der Waals surface area contributed by atoms with Crippen molar-refractivity contribution < 1.29 is 4.79 Å². The van der Waals surface area contributed by atoms with Crippen molar-refractivity contribution in [3.05, 3.63) is 69.1 Å². The summed E-state index contributed by atoms with van der Waals surface area (Å²) in [6.45, 7) is 2.40. The van der Waals surface area contributed by atoms with Gasteiger partial charge in [0.05, 0.1) is 22.8 Å². The van der Waals surface area contributed by atoms with E-state index in [0.29, 0.717) is 6.54 Å². The van der Waals surface area contributed by atoms with Gasteiger partial charge >= 0.3 is 0 Å². The zero-order valence-electron chi connectivity index (χ0n) is 12.5. The fourth-order valence-corrected chi connectivity index (χ4v) is 3.32. The molecular formula is C17H15N3OS2. The Morgan fingerprint density at radius 2 is 2.09 bits per heavy atom. The summed E-state index contributed by atoms with van der Waals surface area (Å²) in [6.07, 6.45) is 5.17. The zero-order valence-corrected chi connectivity index (χ0v) is 14.2. The van der Waals surface area contributed by atoms with Crippen molar-refractivity contribution >= 4 is 40.3 Å². The van der Waals surface area contributed by atoms with Crippen molar-refractivity contribution in [2.24, 2.45) is 0 Å². The van der Waals surface area contributed by atoms with Crippen molar-refractivity contribution in [2.45, 2.75) is 13.5 Å². The van der Waals surface area contributed by atoms with Gasteiger partial charge in [-0.05, 0) is 25.1 Å². The van der Waals surface area contributed by atoms with E-state index < -0.39 is 0 Å². The highest BCUT2D eigenvalue weighted by atomic mass is 32.1. The summed E-state index contributed by atoms with van der Waals surface area (Å²) in [5.74, 6) is -0.0738. The standard InChI is InChI=1S/C17H15N3OS2/c1-13-18-9-16(23-13)7-8-17(21)20(10-14-11-22-12-19-14)15-5-3-2-4-6-15/h2-9,11-12H,10H2,1H3. The molecule has 0 spiro atoms. The summed E-state index contributed by atoms with van der Waals surface area (Å²) in [4.78, 5) is 23.8. The van der Waals surface area contributed by atoms with Crippen molar-refractivity contribution in [1.82, 2.24) is 9.97 Å². The highest BCUT2D eigenvalue weighted by Crippen LogP contribution is 2.19. The Morgan fingerprint density at radius 1 is 1.26 bits per heavy atom. The monoisotopic (exact) mass is 341 g/mol. The van der Waals surface area contributed by atoms with Gasteiger partial charge in [-0.15, -0.1) is 22.7 Å². The minimum absolute atomic E-state index is 0.0738. The summed E-state index contributed by atoms with van der Waals surface area (Å²) in [7, 11) is 0. The Kier molecular flexibility index (Phi) is 4.95. The van der Waals surface area contributed by atoms with Crippen LogP contribution in [-0.4, -0.2) is 15.9 Å². The number of aromatic nitrogens is 2. The first kappa shape index (κ1) is 15.6. The number of nitrogens with zero attached hydrogens (tertiary/aromatic N) is 3. The molecule has 3 rings (SSSR count). The minimum Gasteiger partial charge on any atom is -0.303 e. The normalized spacial score (nSPS) is 11.0. The quantitative estimate of drug-likeness (QED) is 0.655. The molecule has 0 saturated heterocycles. The smallest absolute Gasteiger partial charge is 0.251 e. The van der Waals surface area contributed by atoms with E-state index in [2.05, 4.69) is 9.97 Å². The van der Waals surface area contributed by atoms with Crippen LogP contribution < -0.4 is 4.90 Å². The lowest BCUT2D eigenvalue weighted by molar-refractivity contribution is -0.114. The number of hydrogen-bond acceptors (Lipinski definition) is 5. The van der Waals surface area contributed by atoms with Crippen LogP contribution in [0.3, 0.4) is 0 Å². The van der Waals surface area contributed by atoms with Gasteiger partial charge in [-0.3, -0.25) is 4.79 Å². The van der Waals surface area contributed by atoms with E-state index in [9.17, 15) is 4.79 Å². The molecule has 2 aromatic heterocycles. The number of benzene rings is 1. The van der Waals surface area contributed by atoms with E-state index in [1.165, 1.54) is 11.3 Å². The summed E-state index contributed by atoms with van der Waals surface area (Å²) in [5.41, 5.74) is 3.52. The molecule has 6 heteroatoms. The van der Waals surface area contributed by atoms with Gasteiger partial charge < -0.3 is 4.90 Å². The number of anilines is 1. The average Bonchev–Trinajstić information content (AvgIpc) is 3.23. The molecule has 0 fully saturated rings. The first-order chi connectivity index (χ1) is 11.2. The Morgan fingerprint density at radius 3 is 2.74 bits per heavy atom. The number of para-hydroxylation sites is 1. The molecule has 0 N–H and O–H groups in total. The summed E-state index contributed by atoms with van der Waals surface area (Å²) < 4.78 is 0. The van der Waals surface area contributed by atoms with Crippen LogP contribution >= 0.6 is 22.7 Å². The molecule has 0 radical (unpaired) electrons. The van der Waals surface area contributed by atoms with E-state index in [1.54, 1.807) is 34.0 Å². The SMILES string of the molecule is Cc1ncc(C=CC(=O)N(Cc2cscn2)c2ccccc2)s1. The lowest BCUT2D eigenvalue weighted by atomic mass is 10.2. The first-order valence-corrected chi connectivity index (χ1v) is 8.82. The molecule has 3 aromatic rings. The van der Waals surface area contributed by atoms with Gasteiger partial charge in [-0.2, -0.15) is 0 Å². The third kappa shape index (κ3) is 4.12. The fourth-order valence-electron chi connectivity index (χ4n) is 2.08. The Labute approximate surface area is 142 Å². The van der Waals surface area contributed by atoms with Gasteiger partial charge in [0.1, 0.15) is 0 Å². The minimum atomic E-state index is -0.0738. The van der Waals surface area contributed by atoms with E-state index in [-0.39, 0.29) is 5.91 Å². The lowest BCUT2D eigenvalue weighted by Crippen LogP contribution is -2.28. The molecule has 116 valence electrons. The number of carbonyl (C=O) groups is 1. The van der Waals surface area contributed by atoms with Gasteiger partial charge in [0, 0.05) is 28.2 Å². The molecule has 0 bridgehead atoms. The number of thiazole rings is 2. The van der Waals surface area contributed by atoms with Crippen LogP contribution in [0, 0.1) is 6.92 Å². The van der Waals surface area contributed by atoms with Crippen LogP contribution in [0.2, 0.25) is 0 Å². The molecule has 0 unspecified atom stereocenters. The maximum atomic E-state index is 12.6. The molecule has 1 aromatic carbocycles. The van der Waals surface area contributed by atoms with Gasteiger partial charge in [-0.25, -0.2) is 9.97 Å². The molecule has 0 aliphatic carbocycles. The molecule has 0 saturated carbocycles. The van der Waals surface area contributed by atoms with Crippen molar-refractivity contribution in [2.75, 3.05) is 4.90 Å². The Balaban J connectivity index is 1.82. The molecule has 1 amide bonds. The second kappa shape index (κ2) is 7.30. The highest BCUT2D eigenvalue weighted by molar-refractivity contribution is 7.12. The highest BCUT2D eigenvalue weighted by Gasteiger charge is 2.14. The third-order valence-electron chi connectivity index (χ3n) is 3.17. The molecule has 2 heterocycles. The molecule has 0 aliphatic rings. The molecule has 4 nitrogen and oxygen atoms in total. The van der Waals surface area contributed by atoms with Crippen molar-refractivity contribution in [3.63, 3.8) is 0 Å². The second-order valence-corrected chi connectivity index (χ2v) is 6.84. The predicted octanol–water partition coefficient (Wildman–Crippen LogP) is 4.15. The van der Waals surface area contributed by atoms with Crippen LogP contribution in [-0.2, 0) is 11.3 Å². The summed E-state index contributed by atoms with van der Waals surface area (Å²) in [6, 6.07) is 9.63. The topological polar surface area (TPSA) is 46.1 Å². The third-order valence-corrected chi connectivity index (χ3v) is 4.68. The van der Waals surface area contributed by atoms with Crippen molar-refractivity contribution in [1.29, 1.82) is 0 Å². The average molecular weight is 341 g/mol. The number of hydrogen-bond donors (Lipinski definition) is 0. The Hall–Kier alpha value is -2.31. The summed E-state index contributed by atoms with van der Waals surface area (Å²) >= 11 is 3.09. The van der Waals surface area contributed by atoms with Crippen LogP contribution in [0.4, 0.5) is 5.69 Å². The predicted molar refractivity (Wildman–Crippen MR) is 95.6 cm³/mol. The van der Waals surface area contributed by atoms with Gasteiger partial charge in [0.25, 0.3) is 5.91 Å². The van der Waals surface area contributed by atoms with Crippen LogP contribution in [0.25, 0.3) is 6.08 Å². The van der Waals surface area contributed by atoms with E-state index in [1.807, 2.05) is 48.7 Å². The lowest BCUT2D eigenvalue weighted by Gasteiger charge is -2.20. The van der Waals surface area contributed by atoms with Crippen LogP contribution in [0.5, 0.6) is 0 Å². The number of aryl methyl sites for hydroxylation is 1. The molecule has 23 heavy (non-hydrogen) atoms. The zero-order chi connectivity index (χ0) is 16.1. The summed E-state index contributed by atoms with van der Waals surface area (Å²) in [5, 5.41) is 2.94. The molecular weight excluding hydrogens is 326 g/mol. The van der Waals surface area contributed by atoms with E-state index >= 15 is 0 Å². The van der Waals surface area contributed by atoms with Crippen molar-refractivity contribution in [3.8, 4) is 0 Å². The number of carbonyl (C=O) groups excluding carboxylic acids is 1. The van der Waals surface area contributed by atoms with Gasteiger partial charge in [-0.1, -0.05) is 18.2 Å². The van der Waals surface area contributed by atoms with Gasteiger partial charge in [0.15, 0.2) is 0 Å². The van der Waals surface area contributed by atoms with Gasteiger partial charge in [0.2, 0.25) is 0 Å². The van der Waals surface area contributed by atoms with E-state index in [4.69, 9.17) is 0 Å². The molecule has 0 atom stereocenters. The van der Waals surface area contributed by atoms with Crippen LogP contribution in [0.1, 0.15) is 15.6 Å².